The molecule has 0 spiro atoms. The van der Waals surface area contributed by atoms with Crippen molar-refractivity contribution in [2.75, 3.05) is 32.6 Å². The van der Waals surface area contributed by atoms with E-state index in [4.69, 9.17) is 4.74 Å². The lowest BCUT2D eigenvalue weighted by atomic mass is 9.48. The molecule has 4 fully saturated rings. The Kier molecular flexibility index (Phi) is 6.05. The van der Waals surface area contributed by atoms with Crippen molar-refractivity contribution in [3.63, 3.8) is 0 Å². The van der Waals surface area contributed by atoms with Gasteiger partial charge in [0.1, 0.15) is 5.75 Å². The maximum absolute atomic E-state index is 12.7. The Bertz CT molecular complexity index is 741. The number of carbonyl (C=O) groups is 2. The second kappa shape index (κ2) is 8.58. The van der Waals surface area contributed by atoms with Crippen molar-refractivity contribution >= 4 is 17.5 Å². The zero-order valence-electron chi connectivity index (χ0n) is 18.4. The van der Waals surface area contributed by atoms with Crippen LogP contribution in [0.3, 0.4) is 0 Å². The first-order valence-electron chi connectivity index (χ1n) is 11.3. The molecule has 0 saturated heterocycles. The maximum atomic E-state index is 12.7. The van der Waals surface area contributed by atoms with Crippen molar-refractivity contribution in [1.29, 1.82) is 0 Å². The summed E-state index contributed by atoms with van der Waals surface area (Å²) in [5.74, 6) is 3.25. The molecule has 164 valence electrons. The molecular formula is C24H35N3O3. The van der Waals surface area contributed by atoms with Crippen molar-refractivity contribution < 1.29 is 14.3 Å². The van der Waals surface area contributed by atoms with Crippen molar-refractivity contribution in [3.05, 3.63) is 24.3 Å². The minimum Gasteiger partial charge on any atom is -0.497 e. The largest absolute Gasteiger partial charge is 0.497 e. The van der Waals surface area contributed by atoms with Gasteiger partial charge in [-0.2, -0.15) is 0 Å². The molecule has 30 heavy (non-hydrogen) atoms. The fourth-order valence-corrected chi connectivity index (χ4v) is 6.57. The predicted octanol–water partition coefficient (Wildman–Crippen LogP) is 3.29. The van der Waals surface area contributed by atoms with Gasteiger partial charge in [-0.3, -0.25) is 14.5 Å². The average Bonchev–Trinajstić information content (AvgIpc) is 2.67. The summed E-state index contributed by atoms with van der Waals surface area (Å²) in [5.41, 5.74) is 1.02. The van der Waals surface area contributed by atoms with Gasteiger partial charge < -0.3 is 15.4 Å². The van der Waals surface area contributed by atoms with Crippen LogP contribution in [0.1, 0.15) is 45.4 Å². The van der Waals surface area contributed by atoms with Gasteiger partial charge in [0.15, 0.2) is 0 Å². The van der Waals surface area contributed by atoms with E-state index in [9.17, 15) is 9.59 Å². The van der Waals surface area contributed by atoms with E-state index in [-0.39, 0.29) is 30.9 Å². The minimum absolute atomic E-state index is 0.0120. The van der Waals surface area contributed by atoms with Gasteiger partial charge in [0.05, 0.1) is 20.2 Å². The fourth-order valence-electron chi connectivity index (χ4n) is 6.57. The smallest absolute Gasteiger partial charge is 0.238 e. The summed E-state index contributed by atoms with van der Waals surface area (Å²) in [4.78, 5) is 26.7. The molecule has 2 amide bonds. The molecule has 1 aromatic rings. The number of nitrogens with zero attached hydrogens (tertiary/aromatic N) is 1. The Balaban J connectivity index is 1.24. The first kappa shape index (κ1) is 21.2. The first-order valence-corrected chi connectivity index (χ1v) is 11.3. The molecule has 2 N–H and O–H groups in total. The summed E-state index contributed by atoms with van der Waals surface area (Å²) in [6.07, 6.45) is 8.06. The van der Waals surface area contributed by atoms with Crippen molar-refractivity contribution in [1.82, 2.24) is 10.2 Å². The third-order valence-corrected chi connectivity index (χ3v) is 7.58. The molecule has 0 heterocycles. The Morgan fingerprint density at radius 3 is 2.10 bits per heavy atom. The molecule has 4 aliphatic rings. The van der Waals surface area contributed by atoms with Gasteiger partial charge in [0.25, 0.3) is 0 Å². The van der Waals surface area contributed by atoms with Crippen LogP contribution in [0.15, 0.2) is 24.3 Å². The zero-order chi connectivity index (χ0) is 21.3. The van der Waals surface area contributed by atoms with Crippen molar-refractivity contribution in [2.24, 2.45) is 23.2 Å². The molecule has 6 heteroatoms. The summed E-state index contributed by atoms with van der Waals surface area (Å²) in [7, 11) is 3.42. The van der Waals surface area contributed by atoms with Crippen LogP contribution in [-0.4, -0.2) is 50.0 Å². The van der Waals surface area contributed by atoms with Gasteiger partial charge in [-0.1, -0.05) is 0 Å². The van der Waals surface area contributed by atoms with Crippen LogP contribution in [0.25, 0.3) is 0 Å². The van der Waals surface area contributed by atoms with Gasteiger partial charge in [0, 0.05) is 11.7 Å². The van der Waals surface area contributed by atoms with Crippen LogP contribution in [0.2, 0.25) is 0 Å². The van der Waals surface area contributed by atoms with Gasteiger partial charge in [0.2, 0.25) is 11.8 Å². The number of nitrogens with one attached hydrogen (secondary N) is 2. The quantitative estimate of drug-likeness (QED) is 0.686. The van der Waals surface area contributed by atoms with Crippen LogP contribution in [0, 0.1) is 23.2 Å². The normalized spacial score (nSPS) is 30.2. The highest BCUT2D eigenvalue weighted by atomic mass is 16.5. The molecule has 5 rings (SSSR count). The Hall–Kier alpha value is -2.08. The second-order valence-corrected chi connectivity index (χ2v) is 10.0. The predicted molar refractivity (Wildman–Crippen MR) is 117 cm³/mol. The summed E-state index contributed by atoms with van der Waals surface area (Å²) in [5, 5.41) is 6.14. The fraction of sp³-hybridized carbons (Fsp3) is 0.667. The number of likely N-dealkylation sites (N-methyl/N-ethyl adjacent to an activating group) is 1. The standard InChI is InChI=1S/C24H35N3O3/c1-16(24-11-17-8-18(12-24)10-19(9-17)13-24)25-22(28)14-27(2)15-23(29)26-20-4-6-21(30-3)7-5-20/h4-7,16-19H,8-15H2,1-3H3,(H,25,28)(H,26,29)/t16-,17?,18?,19?,24?/m1/s1. The lowest BCUT2D eigenvalue weighted by Gasteiger charge is -2.59. The van der Waals surface area contributed by atoms with E-state index in [1.807, 2.05) is 7.05 Å². The van der Waals surface area contributed by atoms with Crippen LogP contribution in [-0.2, 0) is 9.59 Å². The molecule has 6 nitrogen and oxygen atoms in total. The number of hydrogen-bond donors (Lipinski definition) is 2. The van der Waals surface area contributed by atoms with E-state index in [1.54, 1.807) is 36.3 Å². The Labute approximate surface area is 179 Å². The average molecular weight is 414 g/mol. The summed E-state index contributed by atoms with van der Waals surface area (Å²) >= 11 is 0. The van der Waals surface area contributed by atoms with Gasteiger partial charge in [-0.05, 0) is 99.9 Å². The molecule has 4 saturated carbocycles. The molecule has 1 aromatic carbocycles. The summed E-state index contributed by atoms with van der Waals surface area (Å²) in [6, 6.07) is 7.42. The molecule has 1 atom stereocenters. The van der Waals surface area contributed by atoms with Crippen LogP contribution in [0.5, 0.6) is 5.75 Å². The number of benzene rings is 1. The molecule has 0 radical (unpaired) electrons. The number of rotatable bonds is 8. The number of anilines is 1. The monoisotopic (exact) mass is 413 g/mol. The van der Waals surface area contributed by atoms with Crippen LogP contribution in [0.4, 0.5) is 5.69 Å². The lowest BCUT2D eigenvalue weighted by Crippen LogP contribution is -2.56. The number of hydrogen-bond acceptors (Lipinski definition) is 4. The molecule has 0 unspecified atom stereocenters. The number of amides is 2. The van der Waals surface area contributed by atoms with E-state index < -0.39 is 0 Å². The van der Waals surface area contributed by atoms with E-state index in [0.717, 1.165) is 23.5 Å². The third-order valence-electron chi connectivity index (χ3n) is 7.58. The Morgan fingerprint density at radius 2 is 1.57 bits per heavy atom. The molecule has 4 aliphatic carbocycles. The summed E-state index contributed by atoms with van der Waals surface area (Å²) < 4.78 is 5.13. The van der Waals surface area contributed by atoms with E-state index in [2.05, 4.69) is 17.6 Å². The topological polar surface area (TPSA) is 70.7 Å². The molecular weight excluding hydrogens is 378 g/mol. The highest BCUT2D eigenvalue weighted by Gasteiger charge is 2.53. The maximum Gasteiger partial charge on any atom is 0.238 e. The lowest BCUT2D eigenvalue weighted by molar-refractivity contribution is -0.127. The van der Waals surface area contributed by atoms with Crippen LogP contribution < -0.4 is 15.4 Å². The molecule has 0 aliphatic heterocycles. The molecule has 4 bridgehead atoms. The highest BCUT2D eigenvalue weighted by Crippen LogP contribution is 2.61. The first-order chi connectivity index (χ1) is 14.3. The van der Waals surface area contributed by atoms with Gasteiger partial charge in [-0.15, -0.1) is 0 Å². The third kappa shape index (κ3) is 4.64. The SMILES string of the molecule is COc1ccc(NC(=O)CN(C)CC(=O)N[C@H](C)C23CC4CC(CC(C4)C2)C3)cc1. The highest BCUT2D eigenvalue weighted by molar-refractivity contribution is 5.92. The van der Waals surface area contributed by atoms with Crippen LogP contribution >= 0.6 is 0 Å². The number of ether oxygens (including phenoxy) is 1. The summed E-state index contributed by atoms with van der Waals surface area (Å²) in [6.45, 7) is 2.60. The zero-order valence-corrected chi connectivity index (χ0v) is 18.4. The molecule has 0 aromatic heterocycles. The minimum atomic E-state index is -0.135. The van der Waals surface area contributed by atoms with E-state index in [1.165, 1.54) is 38.5 Å². The second-order valence-electron chi connectivity index (χ2n) is 10.0. The number of methoxy groups -OCH3 is 1. The number of carbonyl (C=O) groups excluding carboxylic acids is 2. The van der Waals surface area contributed by atoms with E-state index in [0.29, 0.717) is 11.1 Å². The van der Waals surface area contributed by atoms with Gasteiger partial charge in [-0.25, -0.2) is 0 Å². The Morgan fingerprint density at radius 1 is 1.03 bits per heavy atom. The van der Waals surface area contributed by atoms with Crippen molar-refractivity contribution in [3.8, 4) is 5.75 Å². The van der Waals surface area contributed by atoms with E-state index >= 15 is 0 Å². The van der Waals surface area contributed by atoms with Gasteiger partial charge >= 0.3 is 0 Å². The van der Waals surface area contributed by atoms with Crippen molar-refractivity contribution in [2.45, 2.75) is 51.5 Å².